The van der Waals surface area contributed by atoms with Crippen LogP contribution in [0.2, 0.25) is 0 Å². The number of benzene rings is 1. The minimum atomic E-state index is -0.799. The van der Waals surface area contributed by atoms with Crippen molar-refractivity contribution in [1.82, 2.24) is 9.97 Å². The average Bonchev–Trinajstić information content (AvgIpc) is 2.83. The molecular formula is C15H14N2O3. The molecule has 20 heavy (non-hydrogen) atoms. The van der Waals surface area contributed by atoms with Crippen LogP contribution in [0.5, 0.6) is 0 Å². The monoisotopic (exact) mass is 270 g/mol. The van der Waals surface area contributed by atoms with Crippen molar-refractivity contribution in [3.63, 3.8) is 0 Å². The number of aliphatic carboxylic acids is 1. The molecular weight excluding hydrogens is 256 g/mol. The molecule has 1 aromatic carbocycles. The summed E-state index contributed by atoms with van der Waals surface area (Å²) in [4.78, 5) is 28.4. The molecule has 0 radical (unpaired) electrons. The van der Waals surface area contributed by atoms with Crippen molar-refractivity contribution >= 4 is 27.8 Å². The van der Waals surface area contributed by atoms with Gasteiger partial charge >= 0.3 is 5.97 Å². The molecule has 0 aliphatic rings. The van der Waals surface area contributed by atoms with Crippen molar-refractivity contribution in [3.05, 3.63) is 46.4 Å². The SMILES string of the molecule is O=C(O)CCCc1c[nH]c2c(=O)[nH]c3ccccc3c12. The van der Waals surface area contributed by atoms with Crippen molar-refractivity contribution in [2.24, 2.45) is 0 Å². The Kier molecular flexibility index (Phi) is 3.02. The number of nitrogens with one attached hydrogen (secondary N) is 2. The highest BCUT2D eigenvalue weighted by Gasteiger charge is 2.11. The number of carboxylic acid groups (broad SMARTS) is 1. The number of hydrogen-bond acceptors (Lipinski definition) is 2. The molecule has 3 N–H and O–H groups in total. The molecule has 0 spiro atoms. The average molecular weight is 270 g/mol. The van der Waals surface area contributed by atoms with E-state index < -0.39 is 5.97 Å². The van der Waals surface area contributed by atoms with Crippen molar-refractivity contribution in [2.75, 3.05) is 0 Å². The van der Waals surface area contributed by atoms with Crippen LogP contribution in [-0.4, -0.2) is 21.0 Å². The molecule has 0 bridgehead atoms. The topological polar surface area (TPSA) is 85.9 Å². The zero-order valence-electron chi connectivity index (χ0n) is 10.8. The standard InChI is InChI=1S/C15H14N2O3/c18-12(19)7-3-4-9-8-16-14-13(9)10-5-1-2-6-11(10)17-15(14)20/h1-2,5-6,8,16H,3-4,7H2,(H,17,20)(H,18,19). The summed E-state index contributed by atoms with van der Waals surface area (Å²) in [5, 5.41) is 10.6. The number of aryl methyl sites for hydroxylation is 1. The van der Waals surface area contributed by atoms with Crippen molar-refractivity contribution < 1.29 is 9.90 Å². The van der Waals surface area contributed by atoms with Crippen LogP contribution in [0.15, 0.2) is 35.3 Å². The summed E-state index contributed by atoms with van der Waals surface area (Å²) in [7, 11) is 0. The molecule has 0 aliphatic carbocycles. The number of pyridine rings is 1. The number of carboxylic acids is 1. The van der Waals surface area contributed by atoms with Crippen LogP contribution in [0.25, 0.3) is 21.8 Å². The summed E-state index contributed by atoms with van der Waals surface area (Å²) in [6, 6.07) is 7.63. The fourth-order valence-corrected chi connectivity index (χ4v) is 2.57. The van der Waals surface area contributed by atoms with Crippen LogP contribution in [-0.2, 0) is 11.2 Å². The minimum Gasteiger partial charge on any atom is -0.481 e. The summed E-state index contributed by atoms with van der Waals surface area (Å²) >= 11 is 0. The van der Waals surface area contributed by atoms with Crippen molar-refractivity contribution in [2.45, 2.75) is 19.3 Å². The lowest BCUT2D eigenvalue weighted by Crippen LogP contribution is -2.06. The fourth-order valence-electron chi connectivity index (χ4n) is 2.57. The smallest absolute Gasteiger partial charge is 0.303 e. The molecule has 102 valence electrons. The lowest BCUT2D eigenvalue weighted by atomic mass is 10.0. The normalized spacial score (nSPS) is 11.2. The molecule has 0 atom stereocenters. The Hall–Kier alpha value is -2.56. The van der Waals surface area contributed by atoms with Gasteiger partial charge in [-0.2, -0.15) is 0 Å². The maximum Gasteiger partial charge on any atom is 0.303 e. The van der Waals surface area contributed by atoms with E-state index in [1.165, 1.54) is 0 Å². The van der Waals surface area contributed by atoms with E-state index in [1.54, 1.807) is 6.20 Å². The maximum atomic E-state index is 12.0. The minimum absolute atomic E-state index is 0.133. The first-order chi connectivity index (χ1) is 9.66. The summed E-state index contributed by atoms with van der Waals surface area (Å²) in [6.07, 6.45) is 3.13. The van der Waals surface area contributed by atoms with E-state index in [0.717, 1.165) is 21.9 Å². The molecule has 5 heteroatoms. The molecule has 0 amide bonds. The van der Waals surface area contributed by atoms with Crippen LogP contribution in [0, 0.1) is 0 Å². The summed E-state index contributed by atoms with van der Waals surface area (Å²) in [5.74, 6) is -0.799. The predicted molar refractivity (Wildman–Crippen MR) is 77.0 cm³/mol. The van der Waals surface area contributed by atoms with E-state index in [1.807, 2.05) is 24.3 Å². The van der Waals surface area contributed by atoms with Crippen LogP contribution in [0.1, 0.15) is 18.4 Å². The quantitative estimate of drug-likeness (QED) is 0.680. The predicted octanol–water partition coefficient (Wildman–Crippen LogP) is 2.42. The van der Waals surface area contributed by atoms with Crippen LogP contribution < -0.4 is 5.56 Å². The first kappa shape index (κ1) is 12.5. The molecule has 0 unspecified atom stereocenters. The molecule has 5 nitrogen and oxygen atoms in total. The van der Waals surface area contributed by atoms with Gasteiger partial charge in [-0.15, -0.1) is 0 Å². The number of para-hydroxylation sites is 1. The Morgan fingerprint density at radius 3 is 2.85 bits per heavy atom. The summed E-state index contributed by atoms with van der Waals surface area (Å²) < 4.78 is 0. The number of aromatic nitrogens is 2. The number of carbonyl (C=O) groups is 1. The molecule has 0 fully saturated rings. The number of aromatic amines is 2. The Morgan fingerprint density at radius 1 is 1.25 bits per heavy atom. The Bertz CT molecular complexity index is 845. The molecule has 0 saturated carbocycles. The van der Waals surface area contributed by atoms with Gasteiger partial charge in [0.25, 0.3) is 5.56 Å². The number of fused-ring (bicyclic) bond motifs is 3. The third-order valence-electron chi connectivity index (χ3n) is 3.47. The van der Waals surface area contributed by atoms with Gasteiger partial charge in [-0.3, -0.25) is 9.59 Å². The van der Waals surface area contributed by atoms with Crippen molar-refractivity contribution in [3.8, 4) is 0 Å². The zero-order valence-corrected chi connectivity index (χ0v) is 10.8. The van der Waals surface area contributed by atoms with E-state index in [2.05, 4.69) is 9.97 Å². The van der Waals surface area contributed by atoms with E-state index in [-0.39, 0.29) is 12.0 Å². The van der Waals surface area contributed by atoms with Gasteiger partial charge in [0.1, 0.15) is 5.52 Å². The Labute approximate surface area is 114 Å². The Balaban J connectivity index is 2.14. The molecule has 2 heterocycles. The lowest BCUT2D eigenvalue weighted by Gasteiger charge is -2.02. The van der Waals surface area contributed by atoms with E-state index in [9.17, 15) is 9.59 Å². The number of rotatable bonds is 4. The Morgan fingerprint density at radius 2 is 2.05 bits per heavy atom. The van der Waals surface area contributed by atoms with Crippen LogP contribution in [0.4, 0.5) is 0 Å². The van der Waals surface area contributed by atoms with Gasteiger partial charge in [0.15, 0.2) is 0 Å². The third kappa shape index (κ3) is 2.07. The molecule has 3 aromatic rings. The van der Waals surface area contributed by atoms with Gasteiger partial charge in [-0.05, 0) is 24.5 Å². The largest absolute Gasteiger partial charge is 0.481 e. The van der Waals surface area contributed by atoms with Gasteiger partial charge in [0, 0.05) is 28.9 Å². The molecule has 0 aliphatic heterocycles. The second kappa shape index (κ2) is 4.85. The van der Waals surface area contributed by atoms with Crippen LogP contribution >= 0.6 is 0 Å². The summed E-state index contributed by atoms with van der Waals surface area (Å²) in [6.45, 7) is 0. The summed E-state index contributed by atoms with van der Waals surface area (Å²) in [5.41, 5.74) is 2.19. The number of H-pyrrole nitrogens is 2. The molecule has 2 aromatic heterocycles. The maximum absolute atomic E-state index is 12.0. The zero-order chi connectivity index (χ0) is 14.1. The number of hydrogen-bond donors (Lipinski definition) is 3. The van der Waals surface area contributed by atoms with Crippen LogP contribution in [0.3, 0.4) is 0 Å². The highest BCUT2D eigenvalue weighted by molar-refractivity contribution is 6.06. The molecule has 0 saturated heterocycles. The second-order valence-corrected chi connectivity index (χ2v) is 4.81. The van der Waals surface area contributed by atoms with E-state index in [0.29, 0.717) is 18.4 Å². The highest BCUT2D eigenvalue weighted by Crippen LogP contribution is 2.25. The van der Waals surface area contributed by atoms with Gasteiger partial charge in [0.05, 0.1) is 0 Å². The van der Waals surface area contributed by atoms with Gasteiger partial charge in [0.2, 0.25) is 0 Å². The molecule has 3 rings (SSSR count). The fraction of sp³-hybridized carbons (Fsp3) is 0.200. The van der Waals surface area contributed by atoms with Gasteiger partial charge < -0.3 is 15.1 Å². The van der Waals surface area contributed by atoms with Gasteiger partial charge in [-0.25, -0.2) is 0 Å². The van der Waals surface area contributed by atoms with E-state index >= 15 is 0 Å². The first-order valence-corrected chi connectivity index (χ1v) is 6.49. The highest BCUT2D eigenvalue weighted by atomic mass is 16.4. The lowest BCUT2D eigenvalue weighted by molar-refractivity contribution is -0.137. The third-order valence-corrected chi connectivity index (χ3v) is 3.47. The van der Waals surface area contributed by atoms with Gasteiger partial charge in [-0.1, -0.05) is 18.2 Å². The van der Waals surface area contributed by atoms with E-state index in [4.69, 9.17) is 5.11 Å². The van der Waals surface area contributed by atoms with Crippen molar-refractivity contribution in [1.29, 1.82) is 0 Å². The first-order valence-electron chi connectivity index (χ1n) is 6.49. The second-order valence-electron chi connectivity index (χ2n) is 4.81.